The van der Waals surface area contributed by atoms with E-state index in [1.54, 1.807) is 4.90 Å². The molecule has 0 heterocycles. The SMILES string of the molecule is CCC(C(=O)NCC(C)C)N(Cc1ccccc1C)C(=O)COc1cc(C)ccc1C. The number of ether oxygens (including phenoxy) is 1. The van der Waals surface area contributed by atoms with Crippen molar-refractivity contribution in [3.05, 3.63) is 64.7 Å². The molecule has 0 aromatic heterocycles. The monoisotopic (exact) mass is 424 g/mol. The van der Waals surface area contributed by atoms with Crippen molar-refractivity contribution in [1.29, 1.82) is 0 Å². The quantitative estimate of drug-likeness (QED) is 0.608. The Morgan fingerprint density at radius 2 is 1.74 bits per heavy atom. The predicted octanol–water partition coefficient (Wildman–Crippen LogP) is 4.57. The van der Waals surface area contributed by atoms with Crippen molar-refractivity contribution in [3.63, 3.8) is 0 Å². The van der Waals surface area contributed by atoms with Crippen LogP contribution < -0.4 is 10.1 Å². The first-order valence-electron chi connectivity index (χ1n) is 11.0. The van der Waals surface area contributed by atoms with Crippen LogP contribution in [0.5, 0.6) is 5.75 Å². The highest BCUT2D eigenvalue weighted by atomic mass is 16.5. The van der Waals surface area contributed by atoms with Gasteiger partial charge in [0, 0.05) is 13.1 Å². The molecule has 0 aliphatic carbocycles. The minimum atomic E-state index is -0.548. The maximum Gasteiger partial charge on any atom is 0.261 e. The van der Waals surface area contributed by atoms with E-state index < -0.39 is 6.04 Å². The Labute approximate surface area is 186 Å². The molecule has 0 spiro atoms. The largest absolute Gasteiger partial charge is 0.483 e. The van der Waals surface area contributed by atoms with Gasteiger partial charge in [-0.1, -0.05) is 57.2 Å². The van der Waals surface area contributed by atoms with Gasteiger partial charge in [0.15, 0.2) is 6.61 Å². The first-order valence-corrected chi connectivity index (χ1v) is 11.0. The standard InChI is InChI=1S/C26H36N2O3/c1-7-23(26(30)27-15-18(2)3)28(16-22-11-9-8-10-20(22)5)25(29)17-31-24-14-19(4)12-13-21(24)6/h8-14,18,23H,7,15-17H2,1-6H3,(H,27,30). The fourth-order valence-corrected chi connectivity index (χ4v) is 3.40. The molecule has 0 saturated carbocycles. The summed E-state index contributed by atoms with van der Waals surface area (Å²) in [5.41, 5.74) is 4.17. The molecular weight excluding hydrogens is 388 g/mol. The van der Waals surface area contributed by atoms with Crippen LogP contribution >= 0.6 is 0 Å². The number of rotatable bonds is 10. The summed E-state index contributed by atoms with van der Waals surface area (Å²) in [7, 11) is 0. The van der Waals surface area contributed by atoms with Crippen LogP contribution in [0.15, 0.2) is 42.5 Å². The van der Waals surface area contributed by atoms with Gasteiger partial charge in [-0.25, -0.2) is 0 Å². The molecule has 0 aliphatic rings. The molecule has 0 aliphatic heterocycles. The second-order valence-corrected chi connectivity index (χ2v) is 8.57. The van der Waals surface area contributed by atoms with Crippen LogP contribution in [-0.4, -0.2) is 35.9 Å². The van der Waals surface area contributed by atoms with Crippen LogP contribution in [0.1, 0.15) is 49.4 Å². The average Bonchev–Trinajstić information content (AvgIpc) is 2.73. The maximum atomic E-state index is 13.3. The number of carbonyl (C=O) groups is 2. The summed E-state index contributed by atoms with van der Waals surface area (Å²) in [6, 6.07) is 13.3. The first-order chi connectivity index (χ1) is 14.7. The highest BCUT2D eigenvalue weighted by molar-refractivity contribution is 5.88. The van der Waals surface area contributed by atoms with Gasteiger partial charge in [-0.15, -0.1) is 0 Å². The van der Waals surface area contributed by atoms with Crippen LogP contribution in [-0.2, 0) is 16.1 Å². The number of nitrogens with one attached hydrogen (secondary N) is 1. The Kier molecular flexibility index (Phi) is 9.10. The van der Waals surface area contributed by atoms with Crippen molar-refractivity contribution in [2.45, 2.75) is 60.5 Å². The Bertz CT molecular complexity index is 892. The summed E-state index contributed by atoms with van der Waals surface area (Å²) in [5, 5.41) is 2.99. The molecule has 168 valence electrons. The molecule has 2 amide bonds. The third-order valence-corrected chi connectivity index (χ3v) is 5.37. The Hall–Kier alpha value is -2.82. The molecule has 0 bridgehead atoms. The van der Waals surface area contributed by atoms with Crippen molar-refractivity contribution in [1.82, 2.24) is 10.2 Å². The van der Waals surface area contributed by atoms with Gasteiger partial charge in [0.2, 0.25) is 5.91 Å². The van der Waals surface area contributed by atoms with E-state index in [1.807, 2.05) is 70.2 Å². The van der Waals surface area contributed by atoms with E-state index in [0.29, 0.717) is 31.2 Å². The molecule has 2 aromatic carbocycles. The lowest BCUT2D eigenvalue weighted by Crippen LogP contribution is -2.50. The Morgan fingerprint density at radius 1 is 1.03 bits per heavy atom. The number of amides is 2. The van der Waals surface area contributed by atoms with Gasteiger partial charge < -0.3 is 15.0 Å². The van der Waals surface area contributed by atoms with Gasteiger partial charge in [0.25, 0.3) is 5.91 Å². The van der Waals surface area contributed by atoms with Crippen LogP contribution in [0.4, 0.5) is 0 Å². The van der Waals surface area contributed by atoms with E-state index in [2.05, 4.69) is 19.2 Å². The molecular formula is C26H36N2O3. The fraction of sp³-hybridized carbons (Fsp3) is 0.462. The zero-order chi connectivity index (χ0) is 23.0. The van der Waals surface area contributed by atoms with E-state index in [1.165, 1.54) is 0 Å². The lowest BCUT2D eigenvalue weighted by atomic mass is 10.1. The predicted molar refractivity (Wildman–Crippen MR) is 125 cm³/mol. The Balaban J connectivity index is 2.24. The molecule has 2 aromatic rings. The fourth-order valence-electron chi connectivity index (χ4n) is 3.40. The second-order valence-electron chi connectivity index (χ2n) is 8.57. The molecule has 2 rings (SSSR count). The number of benzene rings is 2. The zero-order valence-corrected chi connectivity index (χ0v) is 19.7. The van der Waals surface area contributed by atoms with Crippen molar-refractivity contribution < 1.29 is 14.3 Å². The van der Waals surface area contributed by atoms with Crippen LogP contribution in [0.25, 0.3) is 0 Å². The molecule has 0 radical (unpaired) electrons. The third kappa shape index (κ3) is 7.12. The first kappa shape index (κ1) is 24.4. The Morgan fingerprint density at radius 3 is 2.39 bits per heavy atom. The molecule has 0 fully saturated rings. The number of hydrogen-bond acceptors (Lipinski definition) is 3. The molecule has 1 unspecified atom stereocenters. The number of hydrogen-bond donors (Lipinski definition) is 1. The van der Waals surface area contributed by atoms with E-state index in [9.17, 15) is 9.59 Å². The highest BCUT2D eigenvalue weighted by Crippen LogP contribution is 2.20. The minimum absolute atomic E-state index is 0.107. The lowest BCUT2D eigenvalue weighted by molar-refractivity contribution is -0.143. The summed E-state index contributed by atoms with van der Waals surface area (Å²) in [4.78, 5) is 27.9. The summed E-state index contributed by atoms with van der Waals surface area (Å²) in [6.45, 7) is 12.8. The lowest BCUT2D eigenvalue weighted by Gasteiger charge is -2.31. The van der Waals surface area contributed by atoms with Gasteiger partial charge >= 0.3 is 0 Å². The third-order valence-electron chi connectivity index (χ3n) is 5.37. The summed E-state index contributed by atoms with van der Waals surface area (Å²) in [6.07, 6.45) is 0.533. The molecule has 1 N–H and O–H groups in total. The van der Waals surface area contributed by atoms with E-state index in [4.69, 9.17) is 4.74 Å². The van der Waals surface area contributed by atoms with Crippen molar-refractivity contribution in [3.8, 4) is 5.75 Å². The smallest absolute Gasteiger partial charge is 0.261 e. The molecule has 5 heteroatoms. The van der Waals surface area contributed by atoms with Gasteiger partial charge in [-0.05, 0) is 61.4 Å². The molecule has 31 heavy (non-hydrogen) atoms. The number of carbonyl (C=O) groups excluding carboxylic acids is 2. The van der Waals surface area contributed by atoms with E-state index in [0.717, 1.165) is 22.3 Å². The van der Waals surface area contributed by atoms with E-state index >= 15 is 0 Å². The highest BCUT2D eigenvalue weighted by Gasteiger charge is 2.29. The number of nitrogens with zero attached hydrogens (tertiary/aromatic N) is 1. The molecule has 5 nitrogen and oxygen atoms in total. The second kappa shape index (κ2) is 11.5. The van der Waals surface area contributed by atoms with Crippen LogP contribution in [0, 0.1) is 26.7 Å². The normalized spacial score (nSPS) is 11.8. The topological polar surface area (TPSA) is 58.6 Å². The molecule has 0 saturated heterocycles. The van der Waals surface area contributed by atoms with Gasteiger partial charge in [-0.2, -0.15) is 0 Å². The maximum absolute atomic E-state index is 13.3. The minimum Gasteiger partial charge on any atom is -0.483 e. The van der Waals surface area contributed by atoms with Crippen molar-refractivity contribution in [2.24, 2.45) is 5.92 Å². The van der Waals surface area contributed by atoms with Crippen LogP contribution in [0.3, 0.4) is 0 Å². The van der Waals surface area contributed by atoms with Crippen molar-refractivity contribution in [2.75, 3.05) is 13.2 Å². The van der Waals surface area contributed by atoms with Gasteiger partial charge in [0.05, 0.1) is 0 Å². The average molecular weight is 425 g/mol. The summed E-state index contributed by atoms with van der Waals surface area (Å²) < 4.78 is 5.88. The van der Waals surface area contributed by atoms with Crippen LogP contribution in [0.2, 0.25) is 0 Å². The van der Waals surface area contributed by atoms with Gasteiger partial charge in [-0.3, -0.25) is 9.59 Å². The molecule has 1 atom stereocenters. The zero-order valence-electron chi connectivity index (χ0n) is 19.7. The van der Waals surface area contributed by atoms with Gasteiger partial charge in [0.1, 0.15) is 11.8 Å². The van der Waals surface area contributed by atoms with E-state index in [-0.39, 0.29) is 18.4 Å². The summed E-state index contributed by atoms with van der Waals surface area (Å²) in [5.74, 6) is 0.719. The number of aryl methyl sites for hydroxylation is 3. The summed E-state index contributed by atoms with van der Waals surface area (Å²) >= 11 is 0. The van der Waals surface area contributed by atoms with Crippen molar-refractivity contribution >= 4 is 11.8 Å².